The molecule has 0 aliphatic carbocycles. The lowest BCUT2D eigenvalue weighted by Gasteiger charge is -2.32. The molecule has 3 aliphatic heterocycles. The van der Waals surface area contributed by atoms with E-state index >= 15 is 0 Å². The van der Waals surface area contributed by atoms with Gasteiger partial charge in [-0.05, 0) is 18.4 Å². The van der Waals surface area contributed by atoms with Gasteiger partial charge in [-0.3, -0.25) is 14.5 Å². The highest BCUT2D eigenvalue weighted by atomic mass is 16.2. The van der Waals surface area contributed by atoms with Gasteiger partial charge in [0.1, 0.15) is 0 Å². The van der Waals surface area contributed by atoms with Crippen LogP contribution in [0.25, 0.3) is 0 Å². The van der Waals surface area contributed by atoms with Crippen LogP contribution >= 0.6 is 0 Å². The lowest BCUT2D eigenvalue weighted by molar-refractivity contribution is -0.141. The minimum Gasteiger partial charge on any atom is -0.342 e. The topological polar surface area (TPSA) is 43.9 Å². The molecule has 2 atom stereocenters. The van der Waals surface area contributed by atoms with Crippen molar-refractivity contribution in [1.29, 1.82) is 0 Å². The lowest BCUT2D eigenvalue weighted by atomic mass is 9.79. The summed E-state index contributed by atoms with van der Waals surface area (Å²) in [5.41, 5.74) is 0.889. The van der Waals surface area contributed by atoms with E-state index in [1.54, 1.807) is 6.92 Å². The third-order valence-corrected chi connectivity index (χ3v) is 6.19. The molecule has 25 heavy (non-hydrogen) atoms. The summed E-state index contributed by atoms with van der Waals surface area (Å²) in [4.78, 5) is 31.6. The first-order valence-corrected chi connectivity index (χ1v) is 9.40. The maximum Gasteiger partial charge on any atom is 0.232 e. The molecule has 2 amide bonds. The Morgan fingerprint density at radius 3 is 2.44 bits per heavy atom. The second-order valence-corrected chi connectivity index (χ2v) is 7.91. The van der Waals surface area contributed by atoms with Crippen molar-refractivity contribution >= 4 is 11.8 Å². The number of benzene rings is 1. The molecule has 5 nitrogen and oxygen atoms in total. The van der Waals surface area contributed by atoms with E-state index in [2.05, 4.69) is 29.2 Å². The van der Waals surface area contributed by atoms with Gasteiger partial charge in [-0.25, -0.2) is 0 Å². The molecular formula is C20H27N3O2. The first kappa shape index (κ1) is 16.6. The number of rotatable bonds is 3. The molecule has 3 heterocycles. The molecular weight excluding hydrogens is 314 g/mol. The Bertz CT molecular complexity index is 656. The van der Waals surface area contributed by atoms with Gasteiger partial charge in [0.2, 0.25) is 11.8 Å². The van der Waals surface area contributed by atoms with Crippen molar-refractivity contribution in [1.82, 2.24) is 14.7 Å². The molecule has 3 aliphatic rings. The van der Waals surface area contributed by atoms with Gasteiger partial charge in [0.05, 0.1) is 5.41 Å². The van der Waals surface area contributed by atoms with Crippen molar-refractivity contribution < 1.29 is 9.59 Å². The molecule has 0 saturated carbocycles. The van der Waals surface area contributed by atoms with Crippen LogP contribution in [0.4, 0.5) is 0 Å². The second kappa shape index (κ2) is 6.45. The Morgan fingerprint density at radius 1 is 1.04 bits per heavy atom. The standard InChI is InChI=1S/C20H27N3O2/c1-16(24)23-13-18-12-21(11-17-7-3-2-4-8-17)14-20(18,15-23)19(25)22-9-5-6-10-22/h2-4,7-8,18H,5-6,9-15H2,1H3/t18-,20-/m1/s1. The smallest absolute Gasteiger partial charge is 0.232 e. The third kappa shape index (κ3) is 2.95. The Labute approximate surface area is 149 Å². The Balaban J connectivity index is 1.55. The van der Waals surface area contributed by atoms with Crippen LogP contribution in [-0.2, 0) is 16.1 Å². The van der Waals surface area contributed by atoms with Crippen LogP contribution < -0.4 is 0 Å². The zero-order valence-electron chi connectivity index (χ0n) is 15.0. The number of carbonyl (C=O) groups excluding carboxylic acids is 2. The quantitative estimate of drug-likeness (QED) is 0.839. The summed E-state index contributed by atoms with van der Waals surface area (Å²) < 4.78 is 0. The molecule has 3 saturated heterocycles. The summed E-state index contributed by atoms with van der Waals surface area (Å²) in [5, 5.41) is 0. The summed E-state index contributed by atoms with van der Waals surface area (Å²) in [6.45, 7) is 7.25. The van der Waals surface area contributed by atoms with Gasteiger partial charge in [-0.15, -0.1) is 0 Å². The number of amides is 2. The zero-order valence-corrected chi connectivity index (χ0v) is 15.0. The molecule has 0 bridgehead atoms. The number of nitrogens with zero attached hydrogens (tertiary/aromatic N) is 3. The molecule has 0 radical (unpaired) electrons. The monoisotopic (exact) mass is 341 g/mol. The minimum absolute atomic E-state index is 0.0950. The van der Waals surface area contributed by atoms with E-state index in [9.17, 15) is 9.59 Å². The van der Waals surface area contributed by atoms with Crippen molar-refractivity contribution in [3.63, 3.8) is 0 Å². The van der Waals surface area contributed by atoms with E-state index < -0.39 is 5.41 Å². The molecule has 0 aromatic heterocycles. The first-order chi connectivity index (χ1) is 12.1. The van der Waals surface area contributed by atoms with E-state index in [1.165, 1.54) is 5.56 Å². The number of likely N-dealkylation sites (tertiary alicyclic amines) is 3. The normalized spacial score (nSPS) is 29.2. The molecule has 5 heteroatoms. The van der Waals surface area contributed by atoms with Crippen LogP contribution in [0.2, 0.25) is 0 Å². The van der Waals surface area contributed by atoms with Gasteiger partial charge < -0.3 is 9.80 Å². The van der Waals surface area contributed by atoms with Crippen molar-refractivity contribution in [2.24, 2.45) is 11.3 Å². The summed E-state index contributed by atoms with van der Waals surface area (Å²) in [6.07, 6.45) is 2.22. The molecule has 4 rings (SSSR count). The molecule has 134 valence electrons. The summed E-state index contributed by atoms with van der Waals surface area (Å²) in [5.74, 6) is 0.639. The molecule has 0 spiro atoms. The fraction of sp³-hybridized carbons (Fsp3) is 0.600. The van der Waals surface area contributed by atoms with Crippen LogP contribution in [0.1, 0.15) is 25.3 Å². The Hall–Kier alpha value is -1.88. The second-order valence-electron chi connectivity index (χ2n) is 7.91. The Morgan fingerprint density at radius 2 is 1.76 bits per heavy atom. The summed E-state index contributed by atoms with van der Waals surface area (Å²) in [6, 6.07) is 10.4. The van der Waals surface area contributed by atoms with Gasteiger partial charge in [-0.2, -0.15) is 0 Å². The van der Waals surface area contributed by atoms with Crippen molar-refractivity contribution in [3.8, 4) is 0 Å². The van der Waals surface area contributed by atoms with Gasteiger partial charge in [0.25, 0.3) is 0 Å². The van der Waals surface area contributed by atoms with Gasteiger partial charge in [0, 0.05) is 58.7 Å². The number of fused-ring (bicyclic) bond motifs is 1. The third-order valence-electron chi connectivity index (χ3n) is 6.19. The molecule has 0 N–H and O–H groups in total. The van der Waals surface area contributed by atoms with Crippen molar-refractivity contribution in [2.45, 2.75) is 26.3 Å². The average Bonchev–Trinajstić information content (AvgIpc) is 3.29. The predicted molar refractivity (Wildman–Crippen MR) is 95.7 cm³/mol. The predicted octanol–water partition coefficient (Wildman–Crippen LogP) is 1.59. The molecule has 3 fully saturated rings. The SMILES string of the molecule is CC(=O)N1C[C@H]2CN(Cc3ccccc3)C[C@@]2(C(=O)N2CCCC2)C1. The highest BCUT2D eigenvalue weighted by Gasteiger charge is 2.58. The Kier molecular flexibility index (Phi) is 4.28. The van der Waals surface area contributed by atoms with Crippen LogP contribution in [-0.4, -0.2) is 65.8 Å². The van der Waals surface area contributed by atoms with E-state index in [0.717, 1.165) is 52.1 Å². The fourth-order valence-corrected chi connectivity index (χ4v) is 4.91. The van der Waals surface area contributed by atoms with E-state index in [0.29, 0.717) is 6.54 Å². The van der Waals surface area contributed by atoms with Crippen LogP contribution in [0.3, 0.4) is 0 Å². The van der Waals surface area contributed by atoms with Crippen molar-refractivity contribution in [2.75, 3.05) is 39.3 Å². The van der Waals surface area contributed by atoms with Crippen LogP contribution in [0, 0.1) is 11.3 Å². The van der Waals surface area contributed by atoms with E-state index in [-0.39, 0.29) is 17.7 Å². The molecule has 1 aromatic rings. The largest absolute Gasteiger partial charge is 0.342 e. The van der Waals surface area contributed by atoms with Crippen molar-refractivity contribution in [3.05, 3.63) is 35.9 Å². The fourth-order valence-electron chi connectivity index (χ4n) is 4.91. The van der Waals surface area contributed by atoms with Gasteiger partial charge in [0.15, 0.2) is 0 Å². The van der Waals surface area contributed by atoms with E-state index in [1.807, 2.05) is 15.9 Å². The highest BCUT2D eigenvalue weighted by molar-refractivity contribution is 5.86. The van der Waals surface area contributed by atoms with Gasteiger partial charge >= 0.3 is 0 Å². The molecule has 1 aromatic carbocycles. The highest BCUT2D eigenvalue weighted by Crippen LogP contribution is 2.44. The average molecular weight is 341 g/mol. The first-order valence-electron chi connectivity index (χ1n) is 9.40. The van der Waals surface area contributed by atoms with E-state index in [4.69, 9.17) is 0 Å². The molecule has 0 unspecified atom stereocenters. The summed E-state index contributed by atoms with van der Waals surface area (Å²) >= 11 is 0. The van der Waals surface area contributed by atoms with Crippen LogP contribution in [0.15, 0.2) is 30.3 Å². The number of carbonyl (C=O) groups is 2. The van der Waals surface area contributed by atoms with Gasteiger partial charge in [-0.1, -0.05) is 30.3 Å². The zero-order chi connectivity index (χ0) is 17.4. The maximum atomic E-state index is 13.4. The maximum absolute atomic E-state index is 13.4. The number of hydrogen-bond acceptors (Lipinski definition) is 3. The summed E-state index contributed by atoms with van der Waals surface area (Å²) in [7, 11) is 0. The van der Waals surface area contributed by atoms with Crippen LogP contribution in [0.5, 0.6) is 0 Å². The lowest BCUT2D eigenvalue weighted by Crippen LogP contribution is -2.49. The minimum atomic E-state index is -0.398. The number of hydrogen-bond donors (Lipinski definition) is 0.